The molecule has 1 aliphatic heterocycles. The monoisotopic (exact) mass is 447 g/mol. The van der Waals surface area contributed by atoms with Gasteiger partial charge >= 0.3 is 0 Å². The van der Waals surface area contributed by atoms with Crippen LogP contribution in [0.3, 0.4) is 0 Å². The average Bonchev–Trinajstić information content (AvgIpc) is 3.22. The first-order chi connectivity index (χ1) is 15.6. The maximum Gasteiger partial charge on any atom is 0.223 e. The predicted octanol–water partition coefficient (Wildman–Crippen LogP) is 2.90. The molecule has 0 atom stereocenters. The van der Waals surface area contributed by atoms with Gasteiger partial charge in [-0.2, -0.15) is 20.3 Å². The molecule has 3 N–H and O–H groups in total. The number of pyridine rings is 1. The van der Waals surface area contributed by atoms with Crippen molar-refractivity contribution in [1.82, 2.24) is 24.7 Å². The minimum absolute atomic E-state index is 0.164. The second kappa shape index (κ2) is 8.30. The van der Waals surface area contributed by atoms with Gasteiger partial charge in [0.2, 0.25) is 5.95 Å². The van der Waals surface area contributed by atoms with E-state index in [9.17, 15) is 5.26 Å². The van der Waals surface area contributed by atoms with Gasteiger partial charge in [-0.25, -0.2) is 9.67 Å². The number of hydrogen-bond acceptors (Lipinski definition) is 9. The SMILES string of the molecule is N#Cc1cccc(Cl)c1-n1ncc2cnc(Nc3cc(N4CCOCC4)nc(N)n3)cc21. The van der Waals surface area contributed by atoms with Gasteiger partial charge in [0.25, 0.3) is 0 Å². The van der Waals surface area contributed by atoms with E-state index in [-0.39, 0.29) is 5.95 Å². The van der Waals surface area contributed by atoms with E-state index in [0.717, 1.165) is 29.8 Å². The standard InChI is InChI=1S/C21H18ClN9O/c22-15-3-1-2-13(10-23)20(15)31-16-8-17(25-11-14(16)12-26-31)27-18-9-19(29-21(24)28-18)30-4-6-32-7-5-30/h1-3,8-9,11-12H,4-7H2,(H3,24,25,27,28,29). The number of benzene rings is 1. The molecule has 0 amide bonds. The van der Waals surface area contributed by atoms with Gasteiger partial charge in [0.1, 0.15) is 29.2 Å². The molecule has 1 saturated heterocycles. The first kappa shape index (κ1) is 20.0. The number of anilines is 4. The molecule has 0 bridgehead atoms. The van der Waals surface area contributed by atoms with Gasteiger partial charge in [0.05, 0.1) is 35.5 Å². The number of nitriles is 1. The summed E-state index contributed by atoms with van der Waals surface area (Å²) in [6.07, 6.45) is 3.37. The Kier molecular flexibility index (Phi) is 5.18. The first-order valence-corrected chi connectivity index (χ1v) is 10.3. The van der Waals surface area contributed by atoms with Crippen molar-refractivity contribution in [3.05, 3.63) is 53.3 Å². The number of nitrogens with one attached hydrogen (secondary N) is 1. The van der Waals surface area contributed by atoms with E-state index >= 15 is 0 Å². The molecule has 0 spiro atoms. The Morgan fingerprint density at radius 3 is 2.78 bits per heavy atom. The lowest BCUT2D eigenvalue weighted by Crippen LogP contribution is -2.36. The van der Waals surface area contributed by atoms with Crippen LogP contribution in [0.1, 0.15) is 5.56 Å². The molecule has 3 aromatic heterocycles. The molecule has 4 heterocycles. The highest BCUT2D eigenvalue weighted by Crippen LogP contribution is 2.29. The van der Waals surface area contributed by atoms with Crippen molar-refractivity contribution < 1.29 is 4.74 Å². The molecule has 10 nitrogen and oxygen atoms in total. The zero-order valence-electron chi connectivity index (χ0n) is 16.9. The number of rotatable bonds is 4. The van der Waals surface area contributed by atoms with Gasteiger partial charge in [-0.05, 0) is 12.1 Å². The molecule has 32 heavy (non-hydrogen) atoms. The van der Waals surface area contributed by atoms with E-state index in [1.165, 1.54) is 0 Å². The van der Waals surface area contributed by atoms with Crippen LogP contribution in [0.25, 0.3) is 16.6 Å². The molecule has 5 rings (SSSR count). The smallest absolute Gasteiger partial charge is 0.223 e. The fourth-order valence-corrected chi connectivity index (χ4v) is 3.84. The van der Waals surface area contributed by atoms with Crippen LogP contribution < -0.4 is 16.0 Å². The van der Waals surface area contributed by atoms with Crippen LogP contribution in [0.5, 0.6) is 0 Å². The number of nitrogen functional groups attached to an aromatic ring is 1. The number of nitrogens with zero attached hydrogens (tertiary/aromatic N) is 7. The summed E-state index contributed by atoms with van der Waals surface area (Å²) >= 11 is 6.39. The molecule has 11 heteroatoms. The quantitative estimate of drug-likeness (QED) is 0.484. The molecular formula is C21H18ClN9O. The molecular weight excluding hydrogens is 430 g/mol. The van der Waals surface area contributed by atoms with Crippen molar-refractivity contribution in [2.24, 2.45) is 0 Å². The van der Waals surface area contributed by atoms with Crippen LogP contribution >= 0.6 is 11.6 Å². The molecule has 0 unspecified atom stereocenters. The third kappa shape index (κ3) is 3.75. The Morgan fingerprint density at radius 1 is 1.12 bits per heavy atom. The molecule has 160 valence electrons. The summed E-state index contributed by atoms with van der Waals surface area (Å²) < 4.78 is 7.04. The topological polar surface area (TPSA) is 131 Å². The van der Waals surface area contributed by atoms with E-state index in [4.69, 9.17) is 22.1 Å². The number of halogens is 1. The molecule has 0 radical (unpaired) electrons. The third-order valence-corrected chi connectivity index (χ3v) is 5.40. The molecule has 0 aliphatic carbocycles. The lowest BCUT2D eigenvalue weighted by atomic mass is 10.2. The van der Waals surface area contributed by atoms with Crippen molar-refractivity contribution in [3.8, 4) is 11.8 Å². The van der Waals surface area contributed by atoms with Gasteiger partial charge < -0.3 is 20.7 Å². The highest BCUT2D eigenvalue weighted by molar-refractivity contribution is 6.32. The highest BCUT2D eigenvalue weighted by atomic mass is 35.5. The normalized spacial score (nSPS) is 13.8. The number of hydrogen-bond donors (Lipinski definition) is 2. The van der Waals surface area contributed by atoms with Gasteiger partial charge in [0.15, 0.2) is 0 Å². The Bertz CT molecular complexity index is 1340. The fraction of sp³-hybridized carbons (Fsp3) is 0.190. The van der Waals surface area contributed by atoms with Gasteiger partial charge in [-0.15, -0.1) is 0 Å². The van der Waals surface area contributed by atoms with Crippen LogP contribution in [0.2, 0.25) is 5.02 Å². The largest absolute Gasteiger partial charge is 0.378 e. The number of nitrogens with two attached hydrogens (primary N) is 1. The summed E-state index contributed by atoms with van der Waals surface area (Å²) in [5.74, 6) is 1.95. The van der Waals surface area contributed by atoms with Crippen molar-refractivity contribution in [2.45, 2.75) is 0 Å². The number of fused-ring (bicyclic) bond motifs is 1. The summed E-state index contributed by atoms with van der Waals surface area (Å²) in [5, 5.41) is 18.4. The minimum atomic E-state index is 0.164. The van der Waals surface area contributed by atoms with E-state index in [1.807, 2.05) is 12.1 Å². The van der Waals surface area contributed by atoms with Gasteiger partial charge in [-0.1, -0.05) is 17.7 Å². The van der Waals surface area contributed by atoms with Crippen LogP contribution in [0.4, 0.5) is 23.4 Å². The molecule has 1 fully saturated rings. The van der Waals surface area contributed by atoms with Gasteiger partial charge in [0, 0.05) is 36.8 Å². The van der Waals surface area contributed by atoms with E-state index in [2.05, 4.69) is 36.3 Å². The minimum Gasteiger partial charge on any atom is -0.378 e. The highest BCUT2D eigenvalue weighted by Gasteiger charge is 2.16. The summed E-state index contributed by atoms with van der Waals surface area (Å²) in [6, 6.07) is 11.0. The number of ether oxygens (including phenoxy) is 1. The van der Waals surface area contributed by atoms with E-state index in [1.54, 1.807) is 35.3 Å². The zero-order chi connectivity index (χ0) is 22.1. The average molecular weight is 448 g/mol. The molecule has 0 saturated carbocycles. The van der Waals surface area contributed by atoms with Crippen molar-refractivity contribution in [2.75, 3.05) is 42.3 Å². The summed E-state index contributed by atoms with van der Waals surface area (Å²) in [5.41, 5.74) is 7.62. The lowest BCUT2D eigenvalue weighted by Gasteiger charge is -2.28. The maximum absolute atomic E-state index is 9.51. The number of morpholine rings is 1. The molecule has 1 aliphatic rings. The van der Waals surface area contributed by atoms with Crippen LogP contribution in [0, 0.1) is 11.3 Å². The van der Waals surface area contributed by atoms with Crippen molar-refractivity contribution in [3.63, 3.8) is 0 Å². The van der Waals surface area contributed by atoms with Crippen molar-refractivity contribution >= 4 is 45.9 Å². The summed E-state index contributed by atoms with van der Waals surface area (Å²) in [4.78, 5) is 15.2. The summed E-state index contributed by atoms with van der Waals surface area (Å²) in [7, 11) is 0. The second-order valence-electron chi connectivity index (χ2n) is 7.13. The summed E-state index contributed by atoms with van der Waals surface area (Å²) in [6.45, 7) is 2.75. The first-order valence-electron chi connectivity index (χ1n) is 9.89. The Morgan fingerprint density at radius 2 is 1.97 bits per heavy atom. The van der Waals surface area contributed by atoms with E-state index in [0.29, 0.717) is 41.1 Å². The molecule has 4 aromatic rings. The van der Waals surface area contributed by atoms with Crippen LogP contribution in [0.15, 0.2) is 42.7 Å². The Hall–Kier alpha value is -3.94. The fourth-order valence-electron chi connectivity index (χ4n) is 3.59. The van der Waals surface area contributed by atoms with Crippen molar-refractivity contribution in [1.29, 1.82) is 5.26 Å². The van der Waals surface area contributed by atoms with E-state index < -0.39 is 0 Å². The Balaban J connectivity index is 1.51. The third-order valence-electron chi connectivity index (χ3n) is 5.09. The molecule has 1 aromatic carbocycles. The zero-order valence-corrected chi connectivity index (χ0v) is 17.6. The van der Waals surface area contributed by atoms with Gasteiger partial charge in [-0.3, -0.25) is 0 Å². The number of aromatic nitrogens is 5. The maximum atomic E-state index is 9.51. The Labute approximate surface area is 188 Å². The number of para-hydroxylation sites is 1. The van der Waals surface area contributed by atoms with Crippen LogP contribution in [-0.2, 0) is 4.74 Å². The predicted molar refractivity (Wildman–Crippen MR) is 121 cm³/mol. The van der Waals surface area contributed by atoms with Crippen LogP contribution in [-0.4, -0.2) is 51.0 Å². The lowest BCUT2D eigenvalue weighted by molar-refractivity contribution is 0.122. The second-order valence-corrected chi connectivity index (χ2v) is 7.53.